The van der Waals surface area contributed by atoms with Crippen LogP contribution in [0, 0.1) is 5.92 Å². The summed E-state index contributed by atoms with van der Waals surface area (Å²) in [6.07, 6.45) is 3.91. The van der Waals surface area contributed by atoms with Crippen molar-refractivity contribution in [2.24, 2.45) is 5.92 Å². The molecule has 2 aromatic heterocycles. The SMILES string of the molecule is CC(C)CC(NC(=O)[C@H](Cc1ccccc1)NC(=O)C(Cc1cccnc1)NC(=O)c1cc(CN2CCOCC2)on1)C(=O)C1(C)CO1. The molecule has 5 rings (SSSR count). The maximum absolute atomic E-state index is 14.0. The molecule has 2 fully saturated rings. The van der Waals surface area contributed by atoms with E-state index in [4.69, 9.17) is 14.0 Å². The Morgan fingerprint density at radius 3 is 2.19 bits per heavy atom. The minimum absolute atomic E-state index is 0.0339. The maximum atomic E-state index is 14.0. The highest BCUT2D eigenvalue weighted by Crippen LogP contribution is 2.29. The van der Waals surface area contributed by atoms with Crippen molar-refractivity contribution in [3.63, 3.8) is 0 Å². The van der Waals surface area contributed by atoms with Crippen molar-refractivity contribution in [1.82, 2.24) is 31.0 Å². The highest BCUT2D eigenvalue weighted by atomic mass is 16.6. The summed E-state index contributed by atoms with van der Waals surface area (Å²) in [6.45, 7) is 9.16. The van der Waals surface area contributed by atoms with Crippen LogP contribution in [0.5, 0.6) is 0 Å². The highest BCUT2D eigenvalue weighted by Gasteiger charge is 2.50. The maximum Gasteiger partial charge on any atom is 0.274 e. The Hall–Kier alpha value is -4.46. The third kappa shape index (κ3) is 9.78. The standard InChI is InChI=1S/C35H44N6O7/c1-23(2)16-27(31(42)35(3)22-47-35)37-32(43)28(17-24-8-5-4-6-9-24)38-33(44)29(18-25-10-7-11-36-20-25)39-34(45)30-19-26(48-40-30)21-41-12-14-46-15-13-41/h4-11,19-20,23,27-29H,12-18,21-22H2,1-3H3,(H,37,43)(H,38,44)(H,39,45)/t27?,28-,29?,35?/m0/s1. The van der Waals surface area contributed by atoms with Crippen LogP contribution in [-0.4, -0.2) is 95.2 Å². The number of rotatable bonds is 16. The van der Waals surface area contributed by atoms with Gasteiger partial charge in [0.15, 0.2) is 17.2 Å². The molecule has 3 aromatic rings. The van der Waals surface area contributed by atoms with Crippen LogP contribution in [0.3, 0.4) is 0 Å². The molecule has 256 valence electrons. The number of carbonyl (C=O) groups is 4. The number of carbonyl (C=O) groups excluding carboxylic acids is 4. The largest absolute Gasteiger partial charge is 0.379 e. The Morgan fingerprint density at radius 1 is 0.896 bits per heavy atom. The number of ether oxygens (including phenoxy) is 2. The molecule has 3 amide bonds. The predicted molar refractivity (Wildman–Crippen MR) is 175 cm³/mol. The van der Waals surface area contributed by atoms with Crippen LogP contribution >= 0.6 is 0 Å². The van der Waals surface area contributed by atoms with E-state index in [0.717, 1.165) is 18.7 Å². The average molecular weight is 661 g/mol. The molecule has 0 bridgehead atoms. The topological polar surface area (TPSA) is 168 Å². The van der Waals surface area contributed by atoms with Gasteiger partial charge in [0.05, 0.1) is 32.4 Å². The van der Waals surface area contributed by atoms with Gasteiger partial charge in [0.2, 0.25) is 11.8 Å². The lowest BCUT2D eigenvalue weighted by molar-refractivity contribution is -0.133. The minimum Gasteiger partial charge on any atom is -0.379 e. The highest BCUT2D eigenvalue weighted by molar-refractivity contribution is 5.99. The summed E-state index contributed by atoms with van der Waals surface area (Å²) in [4.78, 5) is 60.8. The monoisotopic (exact) mass is 660 g/mol. The number of pyridine rings is 1. The summed E-state index contributed by atoms with van der Waals surface area (Å²) in [6, 6.07) is 11.5. The van der Waals surface area contributed by atoms with Crippen LogP contribution < -0.4 is 16.0 Å². The smallest absolute Gasteiger partial charge is 0.274 e. The van der Waals surface area contributed by atoms with Gasteiger partial charge in [-0.3, -0.25) is 29.1 Å². The summed E-state index contributed by atoms with van der Waals surface area (Å²) in [7, 11) is 0. The molecule has 2 aliphatic heterocycles. The molecule has 0 aliphatic carbocycles. The second-order valence-corrected chi connectivity index (χ2v) is 13.0. The van der Waals surface area contributed by atoms with Gasteiger partial charge in [0.1, 0.15) is 17.7 Å². The van der Waals surface area contributed by atoms with Crippen molar-refractivity contribution in [3.8, 4) is 0 Å². The molecule has 0 radical (unpaired) electrons. The molecule has 2 aliphatic rings. The summed E-state index contributed by atoms with van der Waals surface area (Å²) in [5.41, 5.74) is 0.625. The number of morpholine rings is 1. The summed E-state index contributed by atoms with van der Waals surface area (Å²) in [5.74, 6) is -1.24. The Kier molecular flexibility index (Phi) is 11.7. The molecule has 4 heterocycles. The lowest BCUT2D eigenvalue weighted by Gasteiger charge is -2.26. The molecular weight excluding hydrogens is 616 g/mol. The molecule has 13 nitrogen and oxygen atoms in total. The zero-order valence-corrected chi connectivity index (χ0v) is 27.6. The van der Waals surface area contributed by atoms with E-state index < -0.39 is 41.4 Å². The van der Waals surface area contributed by atoms with Crippen molar-refractivity contribution in [2.45, 2.75) is 70.3 Å². The van der Waals surface area contributed by atoms with Gasteiger partial charge in [-0.2, -0.15) is 0 Å². The van der Waals surface area contributed by atoms with Crippen molar-refractivity contribution in [1.29, 1.82) is 0 Å². The molecule has 48 heavy (non-hydrogen) atoms. The second kappa shape index (κ2) is 16.1. The molecule has 3 N–H and O–H groups in total. The van der Waals surface area contributed by atoms with E-state index in [-0.39, 0.29) is 30.2 Å². The molecule has 4 atom stereocenters. The van der Waals surface area contributed by atoms with Gasteiger partial charge in [-0.1, -0.05) is 55.4 Å². The summed E-state index contributed by atoms with van der Waals surface area (Å²) in [5, 5.41) is 12.5. The number of hydrogen-bond donors (Lipinski definition) is 3. The van der Waals surface area contributed by atoms with E-state index >= 15 is 0 Å². The zero-order valence-electron chi connectivity index (χ0n) is 27.6. The molecule has 0 spiro atoms. The first-order chi connectivity index (χ1) is 23.1. The first kappa shape index (κ1) is 34.9. The number of nitrogens with zero attached hydrogens (tertiary/aromatic N) is 3. The molecule has 0 saturated carbocycles. The average Bonchev–Trinajstić information content (AvgIpc) is 3.66. The van der Waals surface area contributed by atoms with Crippen LogP contribution in [-0.2, 0) is 43.2 Å². The summed E-state index contributed by atoms with van der Waals surface area (Å²) < 4.78 is 16.2. The van der Waals surface area contributed by atoms with Gasteiger partial charge in [-0.15, -0.1) is 0 Å². The van der Waals surface area contributed by atoms with Crippen LogP contribution in [0.25, 0.3) is 0 Å². The molecule has 1 aromatic carbocycles. The van der Waals surface area contributed by atoms with E-state index in [2.05, 4.69) is 31.0 Å². The fourth-order valence-corrected chi connectivity index (χ4v) is 5.60. The van der Waals surface area contributed by atoms with E-state index in [0.29, 0.717) is 44.1 Å². The number of nitrogens with one attached hydrogen (secondary N) is 3. The zero-order chi connectivity index (χ0) is 34.1. The normalized spacial score (nSPS) is 19.6. The van der Waals surface area contributed by atoms with E-state index in [1.54, 1.807) is 37.5 Å². The van der Waals surface area contributed by atoms with Gasteiger partial charge >= 0.3 is 0 Å². The van der Waals surface area contributed by atoms with Crippen molar-refractivity contribution in [3.05, 3.63) is 83.5 Å². The molecular formula is C35H44N6O7. The lowest BCUT2D eigenvalue weighted by atomic mass is 9.93. The lowest BCUT2D eigenvalue weighted by Crippen LogP contribution is -2.57. The van der Waals surface area contributed by atoms with Crippen LogP contribution in [0.2, 0.25) is 0 Å². The molecule has 3 unspecified atom stereocenters. The van der Waals surface area contributed by atoms with E-state index in [9.17, 15) is 19.2 Å². The van der Waals surface area contributed by atoms with Crippen LogP contribution in [0.4, 0.5) is 0 Å². The first-order valence-corrected chi connectivity index (χ1v) is 16.4. The number of benzene rings is 1. The van der Waals surface area contributed by atoms with Gasteiger partial charge in [0.25, 0.3) is 5.91 Å². The van der Waals surface area contributed by atoms with Gasteiger partial charge in [0, 0.05) is 44.4 Å². The van der Waals surface area contributed by atoms with Crippen molar-refractivity contribution >= 4 is 23.5 Å². The van der Waals surface area contributed by atoms with Crippen LogP contribution in [0.15, 0.2) is 65.4 Å². The Bertz CT molecular complexity index is 1540. The third-order valence-electron chi connectivity index (χ3n) is 8.41. The van der Waals surface area contributed by atoms with Crippen LogP contribution in [0.1, 0.15) is 54.6 Å². The number of hydrogen-bond acceptors (Lipinski definition) is 10. The fourth-order valence-electron chi connectivity index (χ4n) is 5.60. The Morgan fingerprint density at radius 2 is 1.54 bits per heavy atom. The third-order valence-corrected chi connectivity index (χ3v) is 8.41. The molecule has 2 saturated heterocycles. The minimum atomic E-state index is -1.08. The van der Waals surface area contributed by atoms with Gasteiger partial charge in [-0.25, -0.2) is 0 Å². The number of amides is 3. The second-order valence-electron chi connectivity index (χ2n) is 13.0. The Labute approximate surface area is 280 Å². The van der Waals surface area contributed by atoms with Gasteiger partial charge < -0.3 is 29.9 Å². The first-order valence-electron chi connectivity index (χ1n) is 16.4. The van der Waals surface area contributed by atoms with E-state index in [1.165, 1.54) is 0 Å². The quantitative estimate of drug-likeness (QED) is 0.193. The predicted octanol–water partition coefficient (Wildman–Crippen LogP) is 1.86. The van der Waals surface area contributed by atoms with Crippen molar-refractivity contribution in [2.75, 3.05) is 32.9 Å². The number of epoxide rings is 1. The number of aromatic nitrogens is 2. The Balaban J connectivity index is 1.33. The van der Waals surface area contributed by atoms with Gasteiger partial charge in [-0.05, 0) is 36.5 Å². The number of Topliss-reactive ketones (excluding diaryl/α,β-unsaturated/α-hetero) is 1. The van der Waals surface area contributed by atoms with E-state index in [1.807, 2.05) is 44.2 Å². The molecule has 13 heteroatoms. The number of ketones is 1. The summed E-state index contributed by atoms with van der Waals surface area (Å²) >= 11 is 0. The fraction of sp³-hybridized carbons (Fsp3) is 0.486. The van der Waals surface area contributed by atoms with Crippen molar-refractivity contribution < 1.29 is 33.2 Å².